The molecule has 2 aromatic carbocycles. The lowest BCUT2D eigenvalue weighted by atomic mass is 10.1. The van der Waals surface area contributed by atoms with Crippen molar-refractivity contribution in [2.24, 2.45) is 0 Å². The minimum Gasteiger partial charge on any atom is -0.493 e. The second kappa shape index (κ2) is 11.1. The van der Waals surface area contributed by atoms with Crippen molar-refractivity contribution in [3.63, 3.8) is 0 Å². The molecule has 0 radical (unpaired) electrons. The van der Waals surface area contributed by atoms with Crippen molar-refractivity contribution in [2.45, 2.75) is 18.9 Å². The van der Waals surface area contributed by atoms with Crippen LogP contribution in [0.25, 0.3) is 0 Å². The van der Waals surface area contributed by atoms with E-state index in [1.165, 1.54) is 14.2 Å². The number of carbonyl (C=O) groups excluding carboxylic acids is 3. The molecule has 1 aliphatic rings. The highest BCUT2D eigenvalue weighted by Crippen LogP contribution is 2.27. The Morgan fingerprint density at radius 2 is 1.59 bits per heavy atom. The van der Waals surface area contributed by atoms with Crippen molar-refractivity contribution in [3.8, 4) is 11.5 Å². The summed E-state index contributed by atoms with van der Waals surface area (Å²) in [6.45, 7) is 1.23. The van der Waals surface area contributed by atoms with E-state index < -0.39 is 0 Å². The summed E-state index contributed by atoms with van der Waals surface area (Å²) in [5, 5.41) is 8.28. The summed E-state index contributed by atoms with van der Waals surface area (Å²) >= 11 is 0. The Bertz CT molecular complexity index is 955. The van der Waals surface area contributed by atoms with Crippen LogP contribution in [0.15, 0.2) is 42.5 Å². The molecule has 170 valence electrons. The highest BCUT2D eigenvalue weighted by Gasteiger charge is 2.22. The summed E-state index contributed by atoms with van der Waals surface area (Å²) in [5.41, 5.74) is 1.40. The number of ether oxygens (including phenoxy) is 3. The Morgan fingerprint density at radius 3 is 2.25 bits per heavy atom. The Hall–Kier alpha value is -3.59. The average molecular weight is 441 g/mol. The van der Waals surface area contributed by atoms with Crippen molar-refractivity contribution in [1.82, 2.24) is 10.6 Å². The molecule has 0 saturated carbocycles. The molecule has 1 aliphatic heterocycles. The number of carbonyl (C=O) groups is 3. The second-order valence-electron chi connectivity index (χ2n) is 7.15. The van der Waals surface area contributed by atoms with Gasteiger partial charge >= 0.3 is 0 Å². The van der Waals surface area contributed by atoms with E-state index >= 15 is 0 Å². The maximum Gasteiger partial charge on any atom is 0.255 e. The zero-order chi connectivity index (χ0) is 22.9. The topological polar surface area (TPSA) is 115 Å². The predicted octanol–water partition coefficient (Wildman–Crippen LogP) is 1.98. The van der Waals surface area contributed by atoms with Gasteiger partial charge < -0.3 is 30.2 Å². The van der Waals surface area contributed by atoms with E-state index in [0.29, 0.717) is 48.0 Å². The van der Waals surface area contributed by atoms with Gasteiger partial charge in [0, 0.05) is 36.5 Å². The van der Waals surface area contributed by atoms with Crippen molar-refractivity contribution in [1.29, 1.82) is 0 Å². The van der Waals surface area contributed by atoms with Crippen LogP contribution in [0.2, 0.25) is 0 Å². The van der Waals surface area contributed by atoms with E-state index in [0.717, 1.165) is 12.8 Å². The second-order valence-corrected chi connectivity index (χ2v) is 7.15. The van der Waals surface area contributed by atoms with E-state index in [1.54, 1.807) is 42.5 Å². The fraction of sp³-hybridized carbons (Fsp3) is 0.348. The lowest BCUT2D eigenvalue weighted by Gasteiger charge is -2.11. The number of methoxy groups -OCH3 is 2. The van der Waals surface area contributed by atoms with Crippen LogP contribution in [-0.4, -0.2) is 57.7 Å². The Morgan fingerprint density at radius 1 is 0.906 bits per heavy atom. The Kier molecular flexibility index (Phi) is 8.04. The summed E-state index contributed by atoms with van der Waals surface area (Å²) < 4.78 is 15.7. The molecule has 1 atom stereocenters. The molecule has 0 aromatic heterocycles. The minimum absolute atomic E-state index is 0.147. The predicted molar refractivity (Wildman–Crippen MR) is 118 cm³/mol. The number of anilines is 1. The third-order valence-corrected chi connectivity index (χ3v) is 4.98. The van der Waals surface area contributed by atoms with Gasteiger partial charge in [0.1, 0.15) is 6.10 Å². The largest absolute Gasteiger partial charge is 0.493 e. The maximum atomic E-state index is 12.5. The molecule has 2 aromatic rings. The van der Waals surface area contributed by atoms with Gasteiger partial charge in [-0.1, -0.05) is 0 Å². The lowest BCUT2D eigenvalue weighted by Crippen LogP contribution is -2.39. The van der Waals surface area contributed by atoms with Crippen LogP contribution in [-0.2, 0) is 9.53 Å². The summed E-state index contributed by atoms with van der Waals surface area (Å²) in [6, 6.07) is 11.4. The third-order valence-electron chi connectivity index (χ3n) is 4.98. The van der Waals surface area contributed by atoms with Crippen LogP contribution < -0.4 is 25.4 Å². The fourth-order valence-corrected chi connectivity index (χ4v) is 3.25. The van der Waals surface area contributed by atoms with Crippen LogP contribution in [0.3, 0.4) is 0 Å². The van der Waals surface area contributed by atoms with Crippen LogP contribution >= 0.6 is 0 Å². The number of rotatable bonds is 9. The molecule has 0 aliphatic carbocycles. The first kappa shape index (κ1) is 23.1. The number of hydrogen-bond donors (Lipinski definition) is 3. The van der Waals surface area contributed by atoms with Crippen molar-refractivity contribution in [2.75, 3.05) is 39.2 Å². The maximum absolute atomic E-state index is 12.5. The zero-order valence-electron chi connectivity index (χ0n) is 18.1. The summed E-state index contributed by atoms with van der Waals surface area (Å²) in [4.78, 5) is 36.6. The number of hydrogen-bond acceptors (Lipinski definition) is 6. The Balaban J connectivity index is 1.47. The van der Waals surface area contributed by atoms with E-state index in [4.69, 9.17) is 14.2 Å². The van der Waals surface area contributed by atoms with E-state index in [1.807, 2.05) is 0 Å². The molecule has 0 spiro atoms. The average Bonchev–Trinajstić information content (AvgIpc) is 3.36. The SMILES string of the molecule is COc1ccc(C(=O)Nc2ccc(C(=O)NCCNC(=O)C3CCCO3)cc2)cc1OC. The van der Waals surface area contributed by atoms with E-state index in [9.17, 15) is 14.4 Å². The number of amides is 3. The van der Waals surface area contributed by atoms with Gasteiger partial charge in [0.25, 0.3) is 11.8 Å². The third kappa shape index (κ3) is 5.98. The smallest absolute Gasteiger partial charge is 0.255 e. The van der Waals surface area contributed by atoms with Gasteiger partial charge in [-0.05, 0) is 55.3 Å². The molecule has 1 saturated heterocycles. The van der Waals surface area contributed by atoms with Gasteiger partial charge in [-0.2, -0.15) is 0 Å². The molecule has 1 unspecified atom stereocenters. The monoisotopic (exact) mass is 441 g/mol. The Labute approximate surface area is 186 Å². The first-order chi connectivity index (χ1) is 15.5. The molecular weight excluding hydrogens is 414 g/mol. The highest BCUT2D eigenvalue weighted by molar-refractivity contribution is 6.05. The minimum atomic E-state index is -0.382. The molecule has 9 nitrogen and oxygen atoms in total. The van der Waals surface area contributed by atoms with E-state index in [-0.39, 0.29) is 23.8 Å². The van der Waals surface area contributed by atoms with Crippen molar-refractivity contribution < 1.29 is 28.6 Å². The summed E-state index contributed by atoms with van der Waals surface area (Å²) in [7, 11) is 3.03. The molecule has 3 amide bonds. The summed E-state index contributed by atoms with van der Waals surface area (Å²) in [6.07, 6.45) is 1.24. The van der Waals surface area contributed by atoms with Crippen LogP contribution in [0.4, 0.5) is 5.69 Å². The molecule has 9 heteroatoms. The number of benzene rings is 2. The molecule has 3 rings (SSSR count). The van der Waals surface area contributed by atoms with Crippen molar-refractivity contribution >= 4 is 23.4 Å². The van der Waals surface area contributed by atoms with Gasteiger partial charge in [-0.25, -0.2) is 0 Å². The quantitative estimate of drug-likeness (QED) is 0.513. The first-order valence-electron chi connectivity index (χ1n) is 10.3. The van der Waals surface area contributed by atoms with Crippen LogP contribution in [0, 0.1) is 0 Å². The van der Waals surface area contributed by atoms with Crippen molar-refractivity contribution in [3.05, 3.63) is 53.6 Å². The highest BCUT2D eigenvalue weighted by atomic mass is 16.5. The van der Waals surface area contributed by atoms with Gasteiger partial charge in [0.05, 0.1) is 14.2 Å². The zero-order valence-corrected chi connectivity index (χ0v) is 18.1. The lowest BCUT2D eigenvalue weighted by molar-refractivity contribution is -0.129. The van der Waals surface area contributed by atoms with Gasteiger partial charge in [-0.15, -0.1) is 0 Å². The fourth-order valence-electron chi connectivity index (χ4n) is 3.25. The van der Waals surface area contributed by atoms with Gasteiger partial charge in [0.15, 0.2) is 11.5 Å². The molecule has 1 heterocycles. The van der Waals surface area contributed by atoms with E-state index in [2.05, 4.69) is 16.0 Å². The standard InChI is InChI=1S/C23H27N3O6/c1-30-18-10-7-16(14-20(18)31-2)22(28)26-17-8-5-15(6-9-17)21(27)24-11-12-25-23(29)19-4-3-13-32-19/h5-10,14,19H,3-4,11-13H2,1-2H3,(H,24,27)(H,25,29)(H,26,28). The number of nitrogens with one attached hydrogen (secondary N) is 3. The van der Waals surface area contributed by atoms with Crippen LogP contribution in [0.1, 0.15) is 33.6 Å². The normalized spacial score (nSPS) is 15.0. The molecular formula is C23H27N3O6. The molecule has 3 N–H and O–H groups in total. The summed E-state index contributed by atoms with van der Waals surface area (Å²) in [5.74, 6) is 0.260. The first-order valence-corrected chi connectivity index (χ1v) is 10.3. The molecule has 32 heavy (non-hydrogen) atoms. The van der Waals surface area contributed by atoms with Crippen LogP contribution in [0.5, 0.6) is 11.5 Å². The van der Waals surface area contributed by atoms with Gasteiger partial charge in [-0.3, -0.25) is 14.4 Å². The molecule has 1 fully saturated rings. The van der Waals surface area contributed by atoms with Gasteiger partial charge in [0.2, 0.25) is 5.91 Å². The molecule has 0 bridgehead atoms.